The van der Waals surface area contributed by atoms with E-state index < -0.39 is 0 Å². The molecule has 3 aromatic rings. The molecule has 2 aromatic carbocycles. The summed E-state index contributed by atoms with van der Waals surface area (Å²) < 4.78 is 11.8. The van der Waals surface area contributed by atoms with Crippen molar-refractivity contribution in [2.24, 2.45) is 4.99 Å². The first-order valence-corrected chi connectivity index (χ1v) is 11.3. The van der Waals surface area contributed by atoms with E-state index in [1.807, 2.05) is 54.6 Å². The molecule has 1 N–H and O–H groups in total. The predicted molar refractivity (Wildman–Crippen MR) is 130 cm³/mol. The van der Waals surface area contributed by atoms with Crippen LogP contribution in [0.2, 0.25) is 0 Å². The van der Waals surface area contributed by atoms with Gasteiger partial charge in [0.1, 0.15) is 10.9 Å². The molecule has 1 heterocycles. The van der Waals surface area contributed by atoms with Gasteiger partial charge in [0.25, 0.3) is 0 Å². The monoisotopic (exact) mass is 444 g/mol. The third-order valence-electron chi connectivity index (χ3n) is 5.15. The lowest BCUT2D eigenvalue weighted by molar-refractivity contribution is 0.200. The normalized spacial score (nSPS) is 14.1. The van der Waals surface area contributed by atoms with Crippen molar-refractivity contribution in [1.29, 1.82) is 5.26 Å². The Morgan fingerprint density at radius 1 is 1.19 bits per heavy atom. The number of hydrogen-bond donors (Lipinski definition) is 1. The van der Waals surface area contributed by atoms with Crippen LogP contribution < -0.4 is 14.8 Å². The number of rotatable bonds is 8. The van der Waals surface area contributed by atoms with Crippen molar-refractivity contribution in [3.05, 3.63) is 65.2 Å². The summed E-state index contributed by atoms with van der Waals surface area (Å²) in [4.78, 5) is 9.37. The van der Waals surface area contributed by atoms with E-state index in [1.165, 1.54) is 24.2 Å². The number of nitrogens with zero attached hydrogens (tertiary/aromatic N) is 3. The molecule has 1 saturated carbocycles. The van der Waals surface area contributed by atoms with Gasteiger partial charge < -0.3 is 14.8 Å². The van der Waals surface area contributed by atoms with Crippen molar-refractivity contribution in [2.45, 2.75) is 31.8 Å². The highest BCUT2D eigenvalue weighted by Gasteiger charge is 2.19. The number of para-hydroxylation sites is 3. The molecular formula is C25H24N4O2S. The first-order chi connectivity index (χ1) is 15.8. The number of aliphatic imine (C=N–C) groups is 1. The van der Waals surface area contributed by atoms with Gasteiger partial charge in [-0.05, 0) is 56.0 Å². The number of hydrogen-bond acceptors (Lipinski definition) is 7. The third-order valence-corrected chi connectivity index (χ3v) is 5.97. The van der Waals surface area contributed by atoms with E-state index in [9.17, 15) is 0 Å². The number of benzene rings is 2. The summed E-state index contributed by atoms with van der Waals surface area (Å²) in [6.07, 6.45) is 12.0. The van der Waals surface area contributed by atoms with Gasteiger partial charge >= 0.3 is 0 Å². The molecule has 4 rings (SSSR count). The van der Waals surface area contributed by atoms with Gasteiger partial charge in [0.2, 0.25) is 0 Å². The summed E-state index contributed by atoms with van der Waals surface area (Å²) in [5, 5.41) is 12.9. The molecule has 32 heavy (non-hydrogen) atoms. The Bertz CT molecular complexity index is 1160. The molecule has 1 aromatic heterocycles. The minimum atomic E-state index is 0.248. The average molecular weight is 445 g/mol. The van der Waals surface area contributed by atoms with E-state index >= 15 is 0 Å². The summed E-state index contributed by atoms with van der Waals surface area (Å²) >= 11 is 1.30. The highest BCUT2D eigenvalue weighted by Crippen LogP contribution is 2.35. The SMILES string of the molecule is COc1cccc(C=CC=Nc2ccccc2Nc2ncc(C#N)s2)c1OC1CCCC1. The number of methoxy groups -OCH3 is 1. The zero-order chi connectivity index (χ0) is 22.2. The van der Waals surface area contributed by atoms with Gasteiger partial charge in [0.15, 0.2) is 16.6 Å². The first kappa shape index (κ1) is 21.6. The van der Waals surface area contributed by atoms with Crippen LogP contribution >= 0.6 is 11.3 Å². The van der Waals surface area contributed by atoms with Crippen LogP contribution in [0, 0.1) is 11.3 Å². The van der Waals surface area contributed by atoms with Crippen LogP contribution in [-0.2, 0) is 0 Å². The van der Waals surface area contributed by atoms with E-state index in [0.29, 0.717) is 10.0 Å². The number of anilines is 2. The van der Waals surface area contributed by atoms with Crippen LogP contribution in [0.3, 0.4) is 0 Å². The van der Waals surface area contributed by atoms with Crippen LogP contribution in [0.5, 0.6) is 11.5 Å². The quantitative estimate of drug-likeness (QED) is 0.401. The zero-order valence-electron chi connectivity index (χ0n) is 17.8. The topological polar surface area (TPSA) is 79.5 Å². The van der Waals surface area contributed by atoms with Gasteiger partial charge in [-0.2, -0.15) is 5.26 Å². The van der Waals surface area contributed by atoms with Gasteiger partial charge in [-0.1, -0.05) is 35.6 Å². The third kappa shape index (κ3) is 5.34. The van der Waals surface area contributed by atoms with Crippen LogP contribution in [0.4, 0.5) is 16.5 Å². The minimum Gasteiger partial charge on any atom is -0.493 e. The van der Waals surface area contributed by atoms with Gasteiger partial charge in [0, 0.05) is 11.8 Å². The molecule has 0 unspecified atom stereocenters. The van der Waals surface area contributed by atoms with Crippen molar-refractivity contribution in [3.63, 3.8) is 0 Å². The second-order valence-corrected chi connectivity index (χ2v) is 8.35. The van der Waals surface area contributed by atoms with Crippen LogP contribution in [-0.4, -0.2) is 24.4 Å². The van der Waals surface area contributed by atoms with Gasteiger partial charge in [-0.25, -0.2) is 4.98 Å². The van der Waals surface area contributed by atoms with Crippen molar-refractivity contribution < 1.29 is 9.47 Å². The van der Waals surface area contributed by atoms with Gasteiger partial charge in [-0.3, -0.25) is 4.99 Å². The van der Waals surface area contributed by atoms with E-state index in [2.05, 4.69) is 21.4 Å². The molecule has 0 spiro atoms. The summed E-state index contributed by atoms with van der Waals surface area (Å²) in [6.45, 7) is 0. The molecule has 0 bridgehead atoms. The second kappa shape index (κ2) is 10.6. The maximum absolute atomic E-state index is 8.99. The van der Waals surface area contributed by atoms with E-state index in [1.54, 1.807) is 19.5 Å². The number of nitrogens with one attached hydrogen (secondary N) is 1. The summed E-state index contributed by atoms with van der Waals surface area (Å²) in [5.41, 5.74) is 2.56. The Kier molecular flexibility index (Phi) is 7.15. The van der Waals surface area contributed by atoms with Gasteiger partial charge in [0.05, 0.1) is 30.8 Å². The lowest BCUT2D eigenvalue weighted by atomic mass is 10.1. The van der Waals surface area contributed by atoms with Crippen molar-refractivity contribution in [1.82, 2.24) is 4.98 Å². The maximum Gasteiger partial charge on any atom is 0.188 e. The first-order valence-electron chi connectivity index (χ1n) is 10.5. The highest BCUT2D eigenvalue weighted by atomic mass is 32.1. The molecule has 0 saturated heterocycles. The van der Waals surface area contributed by atoms with Crippen molar-refractivity contribution in [3.8, 4) is 17.6 Å². The molecule has 1 fully saturated rings. The fourth-order valence-electron chi connectivity index (χ4n) is 3.58. The van der Waals surface area contributed by atoms with E-state index in [-0.39, 0.29) is 6.10 Å². The number of aromatic nitrogens is 1. The van der Waals surface area contributed by atoms with Crippen molar-refractivity contribution >= 4 is 40.1 Å². The maximum atomic E-state index is 8.99. The molecule has 0 amide bonds. The Morgan fingerprint density at radius 2 is 2.03 bits per heavy atom. The van der Waals surface area contributed by atoms with Crippen LogP contribution in [0.25, 0.3) is 6.08 Å². The second-order valence-electron chi connectivity index (χ2n) is 7.32. The summed E-state index contributed by atoms with van der Waals surface area (Å²) in [6, 6.07) is 15.7. The largest absolute Gasteiger partial charge is 0.493 e. The molecule has 1 aliphatic rings. The van der Waals surface area contributed by atoms with Crippen LogP contribution in [0.15, 0.2) is 59.7 Å². The number of nitriles is 1. The smallest absolute Gasteiger partial charge is 0.188 e. The van der Waals surface area contributed by atoms with Crippen LogP contribution in [0.1, 0.15) is 36.1 Å². The standard InChI is InChI=1S/C25H24N4O2S/c1-30-23-14-6-8-18(24(23)31-19-10-2-3-11-19)9-7-15-27-21-12-4-5-13-22(21)29-25-28-17-20(16-26)32-25/h4-9,12-15,17,19H,2-3,10-11H2,1H3,(H,28,29). The number of thiazole rings is 1. The predicted octanol–water partition coefficient (Wildman–Crippen LogP) is 6.50. The van der Waals surface area contributed by atoms with Gasteiger partial charge in [-0.15, -0.1) is 0 Å². The molecule has 162 valence electrons. The molecule has 6 nitrogen and oxygen atoms in total. The molecule has 7 heteroatoms. The molecule has 0 aliphatic heterocycles. The summed E-state index contributed by atoms with van der Waals surface area (Å²) in [7, 11) is 1.66. The lowest BCUT2D eigenvalue weighted by Crippen LogP contribution is -2.12. The number of allylic oxidation sites excluding steroid dienone is 1. The summed E-state index contributed by atoms with van der Waals surface area (Å²) in [5.74, 6) is 1.52. The Morgan fingerprint density at radius 3 is 2.81 bits per heavy atom. The zero-order valence-corrected chi connectivity index (χ0v) is 18.6. The Balaban J connectivity index is 1.50. The molecular weight excluding hydrogens is 420 g/mol. The lowest BCUT2D eigenvalue weighted by Gasteiger charge is -2.17. The van der Waals surface area contributed by atoms with E-state index in [4.69, 9.17) is 14.7 Å². The molecule has 0 radical (unpaired) electrons. The van der Waals surface area contributed by atoms with E-state index in [0.717, 1.165) is 41.3 Å². The number of ether oxygens (including phenoxy) is 2. The Labute approximate surface area is 191 Å². The highest BCUT2D eigenvalue weighted by molar-refractivity contribution is 7.16. The minimum absolute atomic E-state index is 0.248. The Hall–Kier alpha value is -3.63. The fourth-order valence-corrected chi connectivity index (χ4v) is 4.21. The van der Waals surface area contributed by atoms with Crippen molar-refractivity contribution in [2.75, 3.05) is 12.4 Å². The average Bonchev–Trinajstić information content (AvgIpc) is 3.50. The molecule has 1 aliphatic carbocycles. The fraction of sp³-hybridized carbons (Fsp3) is 0.240. The molecule has 0 atom stereocenters.